The van der Waals surface area contributed by atoms with Crippen LogP contribution >= 0.6 is 23.1 Å². The molecule has 3 aromatic rings. The van der Waals surface area contributed by atoms with Crippen LogP contribution < -0.4 is 11.4 Å². The fourth-order valence-corrected chi connectivity index (χ4v) is 5.81. The highest BCUT2D eigenvalue weighted by atomic mass is 32.2. The highest BCUT2D eigenvalue weighted by molar-refractivity contribution is 7.99. The van der Waals surface area contributed by atoms with E-state index in [9.17, 15) is 9.59 Å². The van der Waals surface area contributed by atoms with Gasteiger partial charge in [-0.05, 0) is 38.7 Å². The van der Waals surface area contributed by atoms with Crippen molar-refractivity contribution in [1.29, 1.82) is 0 Å². The molecule has 0 aliphatic carbocycles. The normalized spacial score (nSPS) is 19.6. The van der Waals surface area contributed by atoms with Crippen LogP contribution in [0.1, 0.15) is 33.1 Å². The lowest BCUT2D eigenvalue weighted by Gasteiger charge is -2.39. The van der Waals surface area contributed by atoms with Gasteiger partial charge in [-0.15, -0.1) is 11.3 Å². The molecular formula is C21H24N4O2S2. The fourth-order valence-electron chi connectivity index (χ4n) is 4.03. The van der Waals surface area contributed by atoms with Crippen molar-refractivity contribution >= 4 is 39.2 Å². The zero-order chi connectivity index (χ0) is 20.5. The summed E-state index contributed by atoms with van der Waals surface area (Å²) in [6, 6.07) is 10.2. The number of rotatable bonds is 4. The topological polar surface area (TPSA) is 81.2 Å². The van der Waals surface area contributed by atoms with E-state index in [0.717, 1.165) is 35.1 Å². The van der Waals surface area contributed by atoms with E-state index in [-0.39, 0.29) is 29.3 Å². The molecule has 3 heterocycles. The number of amides is 1. The van der Waals surface area contributed by atoms with E-state index in [1.165, 1.54) is 23.1 Å². The molecule has 8 heteroatoms. The van der Waals surface area contributed by atoms with E-state index in [1.807, 2.05) is 40.6 Å². The van der Waals surface area contributed by atoms with Crippen molar-refractivity contribution in [3.63, 3.8) is 0 Å². The van der Waals surface area contributed by atoms with Crippen molar-refractivity contribution in [3.8, 4) is 11.1 Å². The van der Waals surface area contributed by atoms with Crippen molar-refractivity contribution in [2.24, 2.45) is 0 Å². The summed E-state index contributed by atoms with van der Waals surface area (Å²) in [5.74, 6) is 6.37. The first-order chi connectivity index (χ1) is 14.0. The smallest absolute Gasteiger partial charge is 0.282 e. The van der Waals surface area contributed by atoms with Crippen molar-refractivity contribution in [3.05, 3.63) is 46.1 Å². The predicted molar refractivity (Wildman–Crippen MR) is 120 cm³/mol. The number of nitrogens with two attached hydrogens (primary N) is 1. The van der Waals surface area contributed by atoms with E-state index in [4.69, 9.17) is 5.84 Å². The molecule has 1 aliphatic heterocycles. The van der Waals surface area contributed by atoms with Crippen LogP contribution in [0.3, 0.4) is 0 Å². The van der Waals surface area contributed by atoms with Crippen LogP contribution in [-0.2, 0) is 4.79 Å². The largest absolute Gasteiger partial charge is 0.337 e. The van der Waals surface area contributed by atoms with Crippen LogP contribution in [-0.4, -0.2) is 38.3 Å². The van der Waals surface area contributed by atoms with Crippen molar-refractivity contribution in [2.75, 3.05) is 11.6 Å². The molecule has 0 radical (unpaired) electrons. The van der Waals surface area contributed by atoms with E-state index in [2.05, 4.69) is 18.8 Å². The number of piperidine rings is 1. The Morgan fingerprint density at radius 3 is 2.62 bits per heavy atom. The van der Waals surface area contributed by atoms with Crippen LogP contribution in [0.25, 0.3) is 21.3 Å². The lowest BCUT2D eigenvalue weighted by atomic mass is 9.98. The minimum absolute atomic E-state index is 0.0696. The van der Waals surface area contributed by atoms with E-state index < -0.39 is 0 Å². The molecule has 1 aromatic carbocycles. The molecule has 29 heavy (non-hydrogen) atoms. The first kappa shape index (κ1) is 20.0. The van der Waals surface area contributed by atoms with Gasteiger partial charge in [-0.3, -0.25) is 9.59 Å². The summed E-state index contributed by atoms with van der Waals surface area (Å²) in [7, 11) is 0. The molecule has 1 fully saturated rings. The third-order valence-electron chi connectivity index (χ3n) is 5.50. The number of hydrogen-bond donors (Lipinski definition) is 1. The van der Waals surface area contributed by atoms with Gasteiger partial charge in [-0.25, -0.2) is 9.66 Å². The summed E-state index contributed by atoms with van der Waals surface area (Å²) in [6.45, 7) is 4.19. The van der Waals surface area contributed by atoms with Crippen LogP contribution in [0, 0.1) is 0 Å². The SMILES string of the molecule is C[C@@H]1CCC[C@@H](C)N1C(=O)CSc1nc2scc(-c3ccccc3)c2c(=O)n1N. The van der Waals surface area contributed by atoms with Gasteiger partial charge in [0.15, 0.2) is 5.16 Å². The van der Waals surface area contributed by atoms with Gasteiger partial charge in [-0.2, -0.15) is 0 Å². The number of fused-ring (bicyclic) bond motifs is 1. The predicted octanol–water partition coefficient (Wildman–Crippen LogP) is 3.72. The van der Waals surface area contributed by atoms with Gasteiger partial charge in [0.05, 0.1) is 11.1 Å². The second-order valence-electron chi connectivity index (χ2n) is 7.48. The monoisotopic (exact) mass is 428 g/mol. The summed E-state index contributed by atoms with van der Waals surface area (Å²) in [5, 5.41) is 2.83. The summed E-state index contributed by atoms with van der Waals surface area (Å²) in [5.41, 5.74) is 1.51. The van der Waals surface area contributed by atoms with Crippen molar-refractivity contribution in [2.45, 2.75) is 50.4 Å². The Morgan fingerprint density at radius 2 is 1.93 bits per heavy atom. The Balaban J connectivity index is 1.60. The molecule has 152 valence electrons. The zero-order valence-electron chi connectivity index (χ0n) is 16.5. The average Bonchev–Trinajstić information content (AvgIpc) is 3.14. The maximum atomic E-state index is 13.0. The molecule has 1 saturated heterocycles. The molecule has 6 nitrogen and oxygen atoms in total. The first-order valence-electron chi connectivity index (χ1n) is 9.76. The van der Waals surface area contributed by atoms with Crippen LogP contribution in [0.5, 0.6) is 0 Å². The molecule has 1 aliphatic rings. The lowest BCUT2D eigenvalue weighted by molar-refractivity contribution is -0.134. The Bertz CT molecular complexity index is 1080. The summed E-state index contributed by atoms with van der Waals surface area (Å²) >= 11 is 2.65. The first-order valence-corrected chi connectivity index (χ1v) is 11.6. The Morgan fingerprint density at radius 1 is 1.24 bits per heavy atom. The molecule has 4 rings (SSSR count). The number of likely N-dealkylation sites (tertiary alicyclic amines) is 1. The molecule has 2 aromatic heterocycles. The van der Waals surface area contributed by atoms with Crippen LogP contribution in [0.2, 0.25) is 0 Å². The molecule has 0 bridgehead atoms. The van der Waals surface area contributed by atoms with Crippen LogP contribution in [0.15, 0.2) is 45.7 Å². The fraction of sp³-hybridized carbons (Fsp3) is 0.381. The number of thioether (sulfide) groups is 1. The second-order valence-corrected chi connectivity index (χ2v) is 9.28. The molecule has 2 N–H and O–H groups in total. The highest BCUT2D eigenvalue weighted by Gasteiger charge is 2.29. The summed E-state index contributed by atoms with van der Waals surface area (Å²) < 4.78 is 1.07. The lowest BCUT2D eigenvalue weighted by Crippen LogP contribution is -2.48. The van der Waals surface area contributed by atoms with E-state index >= 15 is 0 Å². The number of carbonyl (C=O) groups excluding carboxylic acids is 1. The van der Waals surface area contributed by atoms with Gasteiger partial charge in [0.2, 0.25) is 5.91 Å². The minimum Gasteiger partial charge on any atom is -0.337 e. The van der Waals surface area contributed by atoms with Gasteiger partial charge < -0.3 is 10.7 Å². The molecular weight excluding hydrogens is 404 g/mol. The highest BCUT2D eigenvalue weighted by Crippen LogP contribution is 2.32. The van der Waals surface area contributed by atoms with Crippen LogP contribution in [0.4, 0.5) is 0 Å². The Labute approximate surface area is 177 Å². The number of aromatic nitrogens is 2. The van der Waals surface area contributed by atoms with Gasteiger partial charge in [-0.1, -0.05) is 42.1 Å². The van der Waals surface area contributed by atoms with Gasteiger partial charge >= 0.3 is 0 Å². The quantitative estimate of drug-likeness (QED) is 0.389. The number of benzene rings is 1. The van der Waals surface area contributed by atoms with Crippen molar-refractivity contribution < 1.29 is 4.79 Å². The minimum atomic E-state index is -0.287. The maximum Gasteiger partial charge on any atom is 0.282 e. The number of carbonyl (C=O) groups is 1. The second kappa shape index (κ2) is 8.20. The number of nitrogen functional groups attached to an aromatic ring is 1. The van der Waals surface area contributed by atoms with E-state index in [0.29, 0.717) is 15.4 Å². The third kappa shape index (κ3) is 3.79. The van der Waals surface area contributed by atoms with E-state index in [1.54, 1.807) is 0 Å². The Hall–Kier alpha value is -2.32. The average molecular weight is 429 g/mol. The van der Waals surface area contributed by atoms with Gasteiger partial charge in [0.25, 0.3) is 5.56 Å². The number of nitrogens with zero attached hydrogens (tertiary/aromatic N) is 3. The number of hydrogen-bond acceptors (Lipinski definition) is 6. The number of thiophene rings is 1. The molecule has 0 saturated carbocycles. The summed E-state index contributed by atoms with van der Waals surface area (Å²) in [4.78, 5) is 32.9. The molecule has 0 unspecified atom stereocenters. The molecule has 1 amide bonds. The third-order valence-corrected chi connectivity index (χ3v) is 7.31. The molecule has 2 atom stereocenters. The summed E-state index contributed by atoms with van der Waals surface area (Å²) in [6.07, 6.45) is 3.22. The van der Waals surface area contributed by atoms with Gasteiger partial charge in [0, 0.05) is 23.0 Å². The Kier molecular flexibility index (Phi) is 5.65. The molecule has 0 spiro atoms. The van der Waals surface area contributed by atoms with Crippen molar-refractivity contribution in [1.82, 2.24) is 14.6 Å². The zero-order valence-corrected chi connectivity index (χ0v) is 18.1. The van der Waals surface area contributed by atoms with Gasteiger partial charge in [0.1, 0.15) is 4.83 Å². The standard InChI is InChI=1S/C21H24N4O2S2/c1-13-7-6-8-14(2)24(13)17(26)12-29-21-23-19-18(20(27)25(21)22)16(11-28-19)15-9-4-3-5-10-15/h3-5,9-11,13-14H,6-8,12,22H2,1-2H3/t13-,14-/m1/s1. The maximum absolute atomic E-state index is 13.0.